The second-order valence-electron chi connectivity index (χ2n) is 5.50. The van der Waals surface area contributed by atoms with E-state index in [9.17, 15) is 14.4 Å². The van der Waals surface area contributed by atoms with Gasteiger partial charge in [0.25, 0.3) is 5.91 Å². The number of hydrogen-bond donors (Lipinski definition) is 2. The average molecular weight is 322 g/mol. The molecule has 1 aromatic rings. The van der Waals surface area contributed by atoms with E-state index in [1.807, 2.05) is 24.4 Å². The van der Waals surface area contributed by atoms with E-state index in [0.29, 0.717) is 11.3 Å². The number of rotatable bonds is 6. The SMILES string of the molecule is COc1ccc(C)cc1CC(=O)O[C@@H](C(=O)NC(N)=O)C(C)C. The van der Waals surface area contributed by atoms with Gasteiger partial charge in [0.2, 0.25) is 0 Å². The maximum Gasteiger partial charge on any atom is 0.318 e. The number of esters is 1. The zero-order chi connectivity index (χ0) is 17.6. The molecule has 0 saturated heterocycles. The molecule has 23 heavy (non-hydrogen) atoms. The number of hydrogen-bond acceptors (Lipinski definition) is 5. The molecule has 126 valence electrons. The molecule has 0 bridgehead atoms. The van der Waals surface area contributed by atoms with Crippen molar-refractivity contribution in [2.24, 2.45) is 11.7 Å². The molecule has 0 aliphatic carbocycles. The summed E-state index contributed by atoms with van der Waals surface area (Å²) >= 11 is 0. The molecule has 0 fully saturated rings. The third-order valence-corrected chi connectivity index (χ3v) is 3.14. The third kappa shape index (κ3) is 5.61. The number of nitrogens with two attached hydrogens (primary N) is 1. The number of primary amides is 1. The van der Waals surface area contributed by atoms with Crippen LogP contribution in [0.3, 0.4) is 0 Å². The Balaban J connectivity index is 2.82. The summed E-state index contributed by atoms with van der Waals surface area (Å²) in [6.45, 7) is 5.29. The van der Waals surface area contributed by atoms with E-state index in [-0.39, 0.29) is 12.3 Å². The van der Waals surface area contributed by atoms with Gasteiger partial charge in [-0.3, -0.25) is 14.9 Å². The van der Waals surface area contributed by atoms with Crippen molar-refractivity contribution in [2.45, 2.75) is 33.3 Å². The predicted octanol–water partition coefficient (Wildman–Crippen LogP) is 1.31. The van der Waals surface area contributed by atoms with E-state index < -0.39 is 24.0 Å². The van der Waals surface area contributed by atoms with Crippen molar-refractivity contribution in [1.82, 2.24) is 5.32 Å². The van der Waals surface area contributed by atoms with Gasteiger partial charge in [-0.2, -0.15) is 0 Å². The van der Waals surface area contributed by atoms with Crippen molar-refractivity contribution in [3.8, 4) is 5.75 Å². The zero-order valence-corrected chi connectivity index (χ0v) is 13.7. The molecule has 1 atom stereocenters. The van der Waals surface area contributed by atoms with Crippen LogP contribution in [-0.4, -0.2) is 31.1 Å². The van der Waals surface area contributed by atoms with Crippen LogP contribution in [0.5, 0.6) is 5.75 Å². The van der Waals surface area contributed by atoms with Crippen LogP contribution in [0.25, 0.3) is 0 Å². The van der Waals surface area contributed by atoms with E-state index in [1.165, 1.54) is 7.11 Å². The van der Waals surface area contributed by atoms with Crippen molar-refractivity contribution in [3.63, 3.8) is 0 Å². The van der Waals surface area contributed by atoms with Crippen LogP contribution in [0.2, 0.25) is 0 Å². The predicted molar refractivity (Wildman–Crippen MR) is 83.9 cm³/mol. The van der Waals surface area contributed by atoms with Gasteiger partial charge < -0.3 is 15.2 Å². The molecular formula is C16H22N2O5. The maximum absolute atomic E-state index is 12.1. The number of amides is 3. The Morgan fingerprint density at radius 2 is 1.91 bits per heavy atom. The van der Waals surface area contributed by atoms with Crippen molar-refractivity contribution in [2.75, 3.05) is 7.11 Å². The standard InChI is InChI=1S/C16H22N2O5/c1-9(2)14(15(20)18-16(17)21)23-13(19)8-11-7-10(3)5-6-12(11)22-4/h5-7,9,14H,8H2,1-4H3,(H3,17,18,20,21)/t14-/m1/s1. The van der Waals surface area contributed by atoms with E-state index in [2.05, 4.69) is 0 Å². The minimum absolute atomic E-state index is 0.0437. The molecular weight excluding hydrogens is 300 g/mol. The topological polar surface area (TPSA) is 108 Å². The molecule has 3 N–H and O–H groups in total. The van der Waals surface area contributed by atoms with Gasteiger partial charge in [-0.1, -0.05) is 31.5 Å². The molecule has 1 aromatic carbocycles. The summed E-state index contributed by atoms with van der Waals surface area (Å²) in [5, 5.41) is 1.92. The molecule has 7 heteroatoms. The van der Waals surface area contributed by atoms with Crippen LogP contribution < -0.4 is 15.8 Å². The van der Waals surface area contributed by atoms with E-state index in [4.69, 9.17) is 15.2 Å². The molecule has 0 radical (unpaired) electrons. The fourth-order valence-electron chi connectivity index (χ4n) is 2.07. The summed E-state index contributed by atoms with van der Waals surface area (Å²) in [5.74, 6) is -1.07. The number of urea groups is 1. The Labute approximate surface area is 135 Å². The summed E-state index contributed by atoms with van der Waals surface area (Å²) in [4.78, 5) is 34.7. The first-order valence-electron chi connectivity index (χ1n) is 7.18. The lowest BCUT2D eigenvalue weighted by Gasteiger charge is -2.20. The number of carbonyl (C=O) groups excluding carboxylic acids is 3. The molecule has 3 amide bonds. The monoisotopic (exact) mass is 322 g/mol. The maximum atomic E-state index is 12.1. The first-order chi connectivity index (χ1) is 10.7. The van der Waals surface area contributed by atoms with Crippen LogP contribution in [0.1, 0.15) is 25.0 Å². The quantitative estimate of drug-likeness (QED) is 0.768. The van der Waals surface area contributed by atoms with Gasteiger partial charge in [0.05, 0.1) is 13.5 Å². The summed E-state index contributed by atoms with van der Waals surface area (Å²) in [5.41, 5.74) is 6.55. The Morgan fingerprint density at radius 3 is 2.43 bits per heavy atom. The summed E-state index contributed by atoms with van der Waals surface area (Å²) < 4.78 is 10.4. The molecule has 1 rings (SSSR count). The first-order valence-corrected chi connectivity index (χ1v) is 7.18. The second-order valence-corrected chi connectivity index (χ2v) is 5.50. The van der Waals surface area contributed by atoms with Gasteiger partial charge in [0.1, 0.15) is 5.75 Å². The number of nitrogens with one attached hydrogen (secondary N) is 1. The van der Waals surface area contributed by atoms with Crippen molar-refractivity contribution < 1.29 is 23.9 Å². The highest BCUT2D eigenvalue weighted by molar-refractivity contribution is 5.96. The minimum atomic E-state index is -1.09. The molecule has 0 aliphatic rings. The Kier molecular flexibility index (Phi) is 6.56. The summed E-state index contributed by atoms with van der Waals surface area (Å²) in [6, 6.07) is 4.45. The minimum Gasteiger partial charge on any atom is -0.496 e. The highest BCUT2D eigenvalue weighted by Gasteiger charge is 2.27. The summed E-state index contributed by atoms with van der Waals surface area (Å²) in [6.07, 6.45) is -1.14. The lowest BCUT2D eigenvalue weighted by molar-refractivity contribution is -0.157. The van der Waals surface area contributed by atoms with Crippen LogP contribution in [0.4, 0.5) is 4.79 Å². The highest BCUT2D eigenvalue weighted by Crippen LogP contribution is 2.21. The van der Waals surface area contributed by atoms with Gasteiger partial charge in [0.15, 0.2) is 6.10 Å². The molecule has 0 spiro atoms. The number of imide groups is 1. The Hall–Kier alpha value is -2.57. The first kappa shape index (κ1) is 18.5. The number of aryl methyl sites for hydroxylation is 1. The second kappa shape index (κ2) is 8.17. The van der Waals surface area contributed by atoms with E-state index in [1.54, 1.807) is 19.9 Å². The van der Waals surface area contributed by atoms with Crippen LogP contribution >= 0.6 is 0 Å². The molecule has 0 unspecified atom stereocenters. The normalized spacial score (nSPS) is 11.7. The number of benzene rings is 1. The lowest BCUT2D eigenvalue weighted by atomic mass is 10.1. The number of methoxy groups -OCH3 is 1. The Morgan fingerprint density at radius 1 is 1.26 bits per heavy atom. The highest BCUT2D eigenvalue weighted by atomic mass is 16.5. The number of carbonyl (C=O) groups is 3. The van der Waals surface area contributed by atoms with Crippen molar-refractivity contribution in [3.05, 3.63) is 29.3 Å². The van der Waals surface area contributed by atoms with Crippen LogP contribution in [-0.2, 0) is 20.7 Å². The van der Waals surface area contributed by atoms with Crippen molar-refractivity contribution >= 4 is 17.9 Å². The van der Waals surface area contributed by atoms with Crippen molar-refractivity contribution in [1.29, 1.82) is 0 Å². The average Bonchev–Trinajstić information content (AvgIpc) is 2.43. The zero-order valence-electron chi connectivity index (χ0n) is 13.7. The smallest absolute Gasteiger partial charge is 0.318 e. The van der Waals surface area contributed by atoms with Gasteiger partial charge in [-0.25, -0.2) is 4.79 Å². The fraction of sp³-hybridized carbons (Fsp3) is 0.438. The van der Waals surface area contributed by atoms with E-state index in [0.717, 1.165) is 5.56 Å². The molecule has 0 aliphatic heterocycles. The van der Waals surface area contributed by atoms with Gasteiger partial charge >= 0.3 is 12.0 Å². The van der Waals surface area contributed by atoms with Gasteiger partial charge in [0, 0.05) is 5.56 Å². The Bertz CT molecular complexity index is 598. The summed E-state index contributed by atoms with van der Waals surface area (Å²) in [7, 11) is 1.51. The van der Waals surface area contributed by atoms with Gasteiger partial charge in [-0.05, 0) is 18.9 Å². The molecule has 0 aromatic heterocycles. The molecule has 0 saturated carbocycles. The largest absolute Gasteiger partial charge is 0.496 e. The fourth-order valence-corrected chi connectivity index (χ4v) is 2.07. The third-order valence-electron chi connectivity index (χ3n) is 3.14. The van der Waals surface area contributed by atoms with Gasteiger partial charge in [-0.15, -0.1) is 0 Å². The number of ether oxygens (including phenoxy) is 2. The van der Waals surface area contributed by atoms with E-state index >= 15 is 0 Å². The lowest BCUT2D eigenvalue weighted by Crippen LogP contribution is -2.45. The molecule has 0 heterocycles. The van der Waals surface area contributed by atoms with Crippen LogP contribution in [0, 0.1) is 12.8 Å². The van der Waals surface area contributed by atoms with Crippen LogP contribution in [0.15, 0.2) is 18.2 Å². The molecule has 7 nitrogen and oxygen atoms in total.